The molecule has 2 unspecified atom stereocenters. The zero-order valence-corrected chi connectivity index (χ0v) is 8.34. The van der Waals surface area contributed by atoms with Crippen LogP contribution in [-0.4, -0.2) is 0 Å². The van der Waals surface area contributed by atoms with E-state index in [1.165, 1.54) is 25.7 Å². The second-order valence-corrected chi connectivity index (χ2v) is 3.77. The van der Waals surface area contributed by atoms with Crippen LogP contribution < -0.4 is 0 Å². The highest BCUT2D eigenvalue weighted by Crippen LogP contribution is 2.43. The standard InChI is InChI=1S/C12H20/c1-4-11-9-7-8-10-12(11,5-2)6-3/h5,7,9,11H,2,4,6,8,10H2,1,3H3. The van der Waals surface area contributed by atoms with E-state index >= 15 is 0 Å². The van der Waals surface area contributed by atoms with Crippen LogP contribution in [0.4, 0.5) is 0 Å². The molecule has 0 fully saturated rings. The van der Waals surface area contributed by atoms with Gasteiger partial charge < -0.3 is 0 Å². The molecular weight excluding hydrogens is 144 g/mol. The predicted octanol–water partition coefficient (Wildman–Crippen LogP) is 3.95. The first-order chi connectivity index (χ1) is 5.79. The molecule has 12 heavy (non-hydrogen) atoms. The number of rotatable bonds is 3. The molecule has 0 saturated heterocycles. The molecular formula is C12H20. The quantitative estimate of drug-likeness (QED) is 0.554. The molecule has 1 rings (SSSR count). The van der Waals surface area contributed by atoms with Gasteiger partial charge in [0.15, 0.2) is 0 Å². The van der Waals surface area contributed by atoms with Crippen molar-refractivity contribution in [3.8, 4) is 0 Å². The fraction of sp³-hybridized carbons (Fsp3) is 0.667. The zero-order chi connectivity index (χ0) is 9.03. The molecule has 0 heterocycles. The van der Waals surface area contributed by atoms with Crippen molar-refractivity contribution < 1.29 is 0 Å². The zero-order valence-electron chi connectivity index (χ0n) is 8.34. The van der Waals surface area contributed by atoms with Crippen molar-refractivity contribution in [1.82, 2.24) is 0 Å². The topological polar surface area (TPSA) is 0 Å². The molecule has 0 bridgehead atoms. The van der Waals surface area contributed by atoms with Crippen molar-refractivity contribution in [3.05, 3.63) is 24.8 Å². The van der Waals surface area contributed by atoms with Crippen LogP contribution in [0, 0.1) is 11.3 Å². The van der Waals surface area contributed by atoms with E-state index in [-0.39, 0.29) is 0 Å². The molecule has 1 aliphatic carbocycles. The lowest BCUT2D eigenvalue weighted by molar-refractivity contribution is 0.228. The molecule has 0 saturated carbocycles. The maximum atomic E-state index is 3.99. The summed E-state index contributed by atoms with van der Waals surface area (Å²) in [6.07, 6.45) is 11.9. The lowest BCUT2D eigenvalue weighted by Gasteiger charge is -2.38. The van der Waals surface area contributed by atoms with Gasteiger partial charge >= 0.3 is 0 Å². The largest absolute Gasteiger partial charge is 0.103 e. The van der Waals surface area contributed by atoms with Crippen LogP contribution in [0.5, 0.6) is 0 Å². The number of allylic oxidation sites excluding steroid dienone is 3. The van der Waals surface area contributed by atoms with E-state index in [1.807, 2.05) is 0 Å². The van der Waals surface area contributed by atoms with Gasteiger partial charge in [0, 0.05) is 0 Å². The Balaban J connectivity index is 2.84. The summed E-state index contributed by atoms with van der Waals surface area (Å²) in [5, 5.41) is 0. The SMILES string of the molecule is C=CC1(CC)CCC=CC1CC. The number of hydrogen-bond acceptors (Lipinski definition) is 0. The molecule has 0 aromatic heterocycles. The van der Waals surface area contributed by atoms with Crippen molar-refractivity contribution in [2.45, 2.75) is 39.5 Å². The Morgan fingerprint density at radius 3 is 2.75 bits per heavy atom. The summed E-state index contributed by atoms with van der Waals surface area (Å²) < 4.78 is 0. The summed E-state index contributed by atoms with van der Waals surface area (Å²) in [7, 11) is 0. The highest BCUT2D eigenvalue weighted by Gasteiger charge is 2.32. The summed E-state index contributed by atoms with van der Waals surface area (Å²) >= 11 is 0. The minimum atomic E-state index is 0.406. The first kappa shape index (κ1) is 9.57. The van der Waals surface area contributed by atoms with Crippen LogP contribution in [-0.2, 0) is 0 Å². The fourth-order valence-electron chi connectivity index (χ4n) is 2.37. The van der Waals surface area contributed by atoms with Gasteiger partial charge in [-0.25, -0.2) is 0 Å². The van der Waals surface area contributed by atoms with Gasteiger partial charge in [0.05, 0.1) is 0 Å². The lowest BCUT2D eigenvalue weighted by Crippen LogP contribution is -2.28. The molecule has 0 radical (unpaired) electrons. The third-order valence-electron chi connectivity index (χ3n) is 3.39. The predicted molar refractivity (Wildman–Crippen MR) is 55.1 cm³/mol. The van der Waals surface area contributed by atoms with Gasteiger partial charge in [-0.15, -0.1) is 6.58 Å². The van der Waals surface area contributed by atoms with Gasteiger partial charge in [0.25, 0.3) is 0 Å². The first-order valence-electron chi connectivity index (χ1n) is 5.09. The molecule has 0 aromatic rings. The Hall–Kier alpha value is -0.520. The summed E-state index contributed by atoms with van der Waals surface area (Å²) in [4.78, 5) is 0. The molecule has 2 atom stereocenters. The van der Waals surface area contributed by atoms with Crippen LogP contribution in [0.2, 0.25) is 0 Å². The van der Waals surface area contributed by atoms with Crippen molar-refractivity contribution >= 4 is 0 Å². The Labute approximate surface area is 76.4 Å². The maximum Gasteiger partial charge on any atom is -0.00580 e. The second-order valence-electron chi connectivity index (χ2n) is 3.77. The smallest absolute Gasteiger partial charge is 0.00580 e. The van der Waals surface area contributed by atoms with E-state index in [4.69, 9.17) is 0 Å². The highest BCUT2D eigenvalue weighted by molar-refractivity contribution is 5.10. The summed E-state index contributed by atoms with van der Waals surface area (Å²) in [6.45, 7) is 8.54. The minimum Gasteiger partial charge on any atom is -0.103 e. The molecule has 0 N–H and O–H groups in total. The monoisotopic (exact) mass is 164 g/mol. The lowest BCUT2D eigenvalue weighted by atomic mass is 9.67. The second kappa shape index (κ2) is 3.93. The van der Waals surface area contributed by atoms with Crippen LogP contribution in [0.15, 0.2) is 24.8 Å². The summed E-state index contributed by atoms with van der Waals surface area (Å²) in [5.41, 5.74) is 0.406. The number of hydrogen-bond donors (Lipinski definition) is 0. The summed E-state index contributed by atoms with van der Waals surface area (Å²) in [5.74, 6) is 0.730. The maximum absolute atomic E-state index is 3.99. The molecule has 1 aliphatic rings. The fourth-order valence-corrected chi connectivity index (χ4v) is 2.37. The van der Waals surface area contributed by atoms with Crippen molar-refractivity contribution in [2.24, 2.45) is 11.3 Å². The average Bonchev–Trinajstić information content (AvgIpc) is 2.17. The van der Waals surface area contributed by atoms with Crippen LogP contribution in [0.25, 0.3) is 0 Å². The third-order valence-corrected chi connectivity index (χ3v) is 3.39. The van der Waals surface area contributed by atoms with Gasteiger partial charge in [-0.2, -0.15) is 0 Å². The van der Waals surface area contributed by atoms with Gasteiger partial charge in [-0.3, -0.25) is 0 Å². The van der Waals surface area contributed by atoms with Gasteiger partial charge in [0.2, 0.25) is 0 Å². The highest BCUT2D eigenvalue weighted by atomic mass is 14.4. The van der Waals surface area contributed by atoms with Crippen LogP contribution >= 0.6 is 0 Å². The third kappa shape index (κ3) is 1.48. The van der Waals surface area contributed by atoms with Gasteiger partial charge in [-0.1, -0.05) is 32.1 Å². The van der Waals surface area contributed by atoms with E-state index in [2.05, 4.69) is 38.7 Å². The van der Waals surface area contributed by atoms with Crippen molar-refractivity contribution in [2.75, 3.05) is 0 Å². The van der Waals surface area contributed by atoms with Crippen molar-refractivity contribution in [3.63, 3.8) is 0 Å². The molecule has 0 nitrogen and oxygen atoms in total. The van der Waals surface area contributed by atoms with E-state index in [9.17, 15) is 0 Å². The van der Waals surface area contributed by atoms with Crippen molar-refractivity contribution in [1.29, 1.82) is 0 Å². The van der Waals surface area contributed by atoms with E-state index in [1.54, 1.807) is 0 Å². The Morgan fingerprint density at radius 1 is 1.58 bits per heavy atom. The minimum absolute atomic E-state index is 0.406. The van der Waals surface area contributed by atoms with E-state index in [0.717, 1.165) is 5.92 Å². The Bertz CT molecular complexity index is 178. The van der Waals surface area contributed by atoms with Gasteiger partial charge in [-0.05, 0) is 37.0 Å². The van der Waals surface area contributed by atoms with E-state index in [0.29, 0.717) is 5.41 Å². The van der Waals surface area contributed by atoms with Gasteiger partial charge in [0.1, 0.15) is 0 Å². The molecule has 0 amide bonds. The van der Waals surface area contributed by atoms with Crippen LogP contribution in [0.3, 0.4) is 0 Å². The Morgan fingerprint density at radius 2 is 2.33 bits per heavy atom. The molecule has 0 spiro atoms. The summed E-state index contributed by atoms with van der Waals surface area (Å²) in [6, 6.07) is 0. The Kier molecular flexibility index (Phi) is 3.13. The normalized spacial score (nSPS) is 35.0. The molecule has 0 heteroatoms. The molecule has 0 aromatic carbocycles. The first-order valence-corrected chi connectivity index (χ1v) is 5.09. The van der Waals surface area contributed by atoms with E-state index < -0.39 is 0 Å². The molecule has 0 aliphatic heterocycles. The van der Waals surface area contributed by atoms with Crippen LogP contribution in [0.1, 0.15) is 39.5 Å². The molecule has 68 valence electrons. The average molecular weight is 164 g/mol.